The number of sulfonamides is 1. The van der Waals surface area contributed by atoms with Crippen molar-refractivity contribution in [2.45, 2.75) is 4.90 Å². The Balaban J connectivity index is 1.82. The Bertz CT molecular complexity index is 1000. The molecule has 2 aromatic carbocycles. The van der Waals surface area contributed by atoms with E-state index in [9.17, 15) is 13.2 Å². The Kier molecular flexibility index (Phi) is 5.68. The summed E-state index contributed by atoms with van der Waals surface area (Å²) in [4.78, 5) is 12.4. The van der Waals surface area contributed by atoms with Gasteiger partial charge in [0.2, 0.25) is 0 Å². The van der Waals surface area contributed by atoms with Crippen molar-refractivity contribution in [1.82, 2.24) is 5.43 Å². The lowest BCUT2D eigenvalue weighted by Gasteiger charge is -2.23. The summed E-state index contributed by atoms with van der Waals surface area (Å²) in [5.74, 6) is -0.117. The molecule has 138 valence electrons. The molecule has 3 rings (SSSR count). The number of hydrogen-bond donors (Lipinski definition) is 1. The van der Waals surface area contributed by atoms with Crippen LogP contribution >= 0.6 is 0 Å². The third kappa shape index (κ3) is 4.62. The first-order valence-corrected chi connectivity index (χ1v) is 9.49. The smallest absolute Gasteiger partial charge is 0.264 e. The lowest BCUT2D eigenvalue weighted by molar-refractivity contribution is -0.119. The molecule has 8 heteroatoms. The number of benzene rings is 2. The van der Waals surface area contributed by atoms with Crippen molar-refractivity contribution in [1.29, 1.82) is 0 Å². The highest BCUT2D eigenvalue weighted by Crippen LogP contribution is 2.22. The number of para-hydroxylation sites is 1. The van der Waals surface area contributed by atoms with E-state index < -0.39 is 22.5 Å². The maximum Gasteiger partial charge on any atom is 0.264 e. The van der Waals surface area contributed by atoms with E-state index in [1.165, 1.54) is 24.6 Å². The Hall–Kier alpha value is -3.39. The van der Waals surface area contributed by atoms with Gasteiger partial charge in [0.1, 0.15) is 12.3 Å². The lowest BCUT2D eigenvalue weighted by Crippen LogP contribution is -2.39. The molecule has 0 spiro atoms. The van der Waals surface area contributed by atoms with Crippen LogP contribution in [-0.2, 0) is 14.8 Å². The van der Waals surface area contributed by atoms with Crippen molar-refractivity contribution in [3.05, 3.63) is 84.8 Å². The largest absolute Gasteiger partial charge is 0.463 e. The highest BCUT2D eigenvalue weighted by molar-refractivity contribution is 7.92. The van der Waals surface area contributed by atoms with Gasteiger partial charge in [0.05, 0.1) is 23.1 Å². The van der Waals surface area contributed by atoms with Crippen molar-refractivity contribution in [3.63, 3.8) is 0 Å². The first-order valence-electron chi connectivity index (χ1n) is 8.05. The standard InChI is InChI=1S/C19H17N3O4S/c23-19(21-20-14-17-10-7-13-26-17)15-22(16-8-3-1-4-9-16)27(24,25)18-11-5-2-6-12-18/h1-14H,15H2,(H,21,23)/b20-14-. The third-order valence-corrected chi connectivity index (χ3v) is 5.37. The fourth-order valence-corrected chi connectivity index (χ4v) is 3.77. The van der Waals surface area contributed by atoms with Gasteiger partial charge in [-0.25, -0.2) is 13.8 Å². The molecule has 1 amide bonds. The molecular formula is C19H17N3O4S. The van der Waals surface area contributed by atoms with Crippen LogP contribution in [0.15, 0.2) is 93.5 Å². The van der Waals surface area contributed by atoms with Crippen LogP contribution in [0.3, 0.4) is 0 Å². The van der Waals surface area contributed by atoms with Crippen molar-refractivity contribution in [2.75, 3.05) is 10.8 Å². The van der Waals surface area contributed by atoms with Gasteiger partial charge in [0.25, 0.3) is 15.9 Å². The third-order valence-electron chi connectivity index (χ3n) is 3.59. The molecule has 1 heterocycles. The zero-order valence-corrected chi connectivity index (χ0v) is 15.0. The summed E-state index contributed by atoms with van der Waals surface area (Å²) in [5, 5.41) is 3.78. The monoisotopic (exact) mass is 383 g/mol. The predicted molar refractivity (Wildman–Crippen MR) is 102 cm³/mol. The average molecular weight is 383 g/mol. The van der Waals surface area contributed by atoms with Gasteiger partial charge in [-0.2, -0.15) is 5.10 Å². The van der Waals surface area contributed by atoms with Gasteiger partial charge >= 0.3 is 0 Å². The van der Waals surface area contributed by atoms with Crippen LogP contribution in [0, 0.1) is 0 Å². The molecule has 0 saturated carbocycles. The van der Waals surface area contributed by atoms with Gasteiger partial charge in [-0.05, 0) is 36.4 Å². The minimum atomic E-state index is -3.92. The number of rotatable bonds is 7. The van der Waals surface area contributed by atoms with Gasteiger partial charge in [-0.3, -0.25) is 9.10 Å². The van der Waals surface area contributed by atoms with Crippen molar-refractivity contribution >= 4 is 27.8 Å². The zero-order valence-electron chi connectivity index (χ0n) is 14.2. The lowest BCUT2D eigenvalue weighted by atomic mass is 10.3. The molecule has 1 N–H and O–H groups in total. The van der Waals surface area contributed by atoms with Crippen molar-refractivity contribution in [3.8, 4) is 0 Å². The Morgan fingerprint density at radius 2 is 1.67 bits per heavy atom. The molecule has 0 aliphatic rings. The summed E-state index contributed by atoms with van der Waals surface area (Å²) in [6.45, 7) is -0.420. The van der Waals surface area contributed by atoms with Crippen LogP contribution < -0.4 is 9.73 Å². The summed E-state index contributed by atoms with van der Waals surface area (Å²) in [5.41, 5.74) is 2.69. The van der Waals surface area contributed by atoms with E-state index in [0.29, 0.717) is 11.4 Å². The molecule has 7 nitrogen and oxygen atoms in total. The highest BCUT2D eigenvalue weighted by atomic mass is 32.2. The molecule has 0 aliphatic heterocycles. The van der Waals surface area contributed by atoms with E-state index in [0.717, 1.165) is 4.31 Å². The molecule has 0 bridgehead atoms. The van der Waals surface area contributed by atoms with E-state index in [1.54, 1.807) is 60.7 Å². The van der Waals surface area contributed by atoms with E-state index in [2.05, 4.69) is 10.5 Å². The van der Waals surface area contributed by atoms with Gasteiger partial charge in [-0.1, -0.05) is 36.4 Å². The van der Waals surface area contributed by atoms with Gasteiger partial charge in [0.15, 0.2) is 0 Å². The van der Waals surface area contributed by atoms with Crippen LogP contribution in [0.2, 0.25) is 0 Å². The fraction of sp³-hybridized carbons (Fsp3) is 0.0526. The zero-order chi connectivity index (χ0) is 19.1. The topological polar surface area (TPSA) is 92.0 Å². The molecule has 27 heavy (non-hydrogen) atoms. The van der Waals surface area contributed by atoms with Gasteiger partial charge in [0, 0.05) is 0 Å². The number of carbonyl (C=O) groups is 1. The number of anilines is 1. The Morgan fingerprint density at radius 3 is 2.30 bits per heavy atom. The van der Waals surface area contributed by atoms with E-state index in [1.807, 2.05) is 0 Å². The number of amides is 1. The van der Waals surface area contributed by atoms with Gasteiger partial charge in [-0.15, -0.1) is 0 Å². The predicted octanol–water partition coefficient (Wildman–Crippen LogP) is 2.63. The number of nitrogens with one attached hydrogen (secondary N) is 1. The normalized spacial score (nSPS) is 11.4. The molecule has 0 radical (unpaired) electrons. The number of hydrazone groups is 1. The second-order valence-corrected chi connectivity index (χ2v) is 7.33. The fourth-order valence-electron chi connectivity index (χ4n) is 2.33. The number of carbonyl (C=O) groups excluding carboxylic acids is 1. The maximum absolute atomic E-state index is 13.0. The molecule has 0 aliphatic carbocycles. The maximum atomic E-state index is 13.0. The van der Waals surface area contributed by atoms with Crippen LogP contribution in [0.25, 0.3) is 0 Å². The average Bonchev–Trinajstić information content (AvgIpc) is 3.21. The molecule has 0 saturated heterocycles. The molecule has 0 unspecified atom stereocenters. The summed E-state index contributed by atoms with van der Waals surface area (Å²) in [6.07, 6.45) is 2.81. The molecule has 3 aromatic rings. The van der Waals surface area contributed by atoms with E-state index >= 15 is 0 Å². The van der Waals surface area contributed by atoms with E-state index in [-0.39, 0.29) is 4.90 Å². The van der Waals surface area contributed by atoms with Crippen LogP contribution in [0.4, 0.5) is 5.69 Å². The van der Waals surface area contributed by atoms with Crippen molar-refractivity contribution < 1.29 is 17.6 Å². The Labute approximate surface area is 157 Å². The minimum absolute atomic E-state index is 0.0979. The summed E-state index contributed by atoms with van der Waals surface area (Å²) in [7, 11) is -3.92. The van der Waals surface area contributed by atoms with Crippen LogP contribution in [0.5, 0.6) is 0 Å². The quantitative estimate of drug-likeness (QED) is 0.501. The first-order chi connectivity index (χ1) is 13.1. The summed E-state index contributed by atoms with van der Waals surface area (Å²) < 4.78 is 32.2. The molecule has 1 aromatic heterocycles. The summed E-state index contributed by atoms with van der Waals surface area (Å²) >= 11 is 0. The number of hydrogen-bond acceptors (Lipinski definition) is 5. The molecule has 0 atom stereocenters. The SMILES string of the molecule is O=C(CN(c1ccccc1)S(=O)(=O)c1ccccc1)N/N=C\c1ccco1. The Morgan fingerprint density at radius 1 is 1.00 bits per heavy atom. The number of furan rings is 1. The van der Waals surface area contributed by atoms with Crippen molar-refractivity contribution in [2.24, 2.45) is 5.10 Å². The molecule has 0 fully saturated rings. The van der Waals surface area contributed by atoms with Crippen LogP contribution in [0.1, 0.15) is 5.76 Å². The highest BCUT2D eigenvalue weighted by Gasteiger charge is 2.26. The first kappa shape index (κ1) is 18.4. The molecular weight excluding hydrogens is 366 g/mol. The van der Waals surface area contributed by atoms with E-state index in [4.69, 9.17) is 4.42 Å². The summed E-state index contributed by atoms with van der Waals surface area (Å²) in [6, 6.07) is 19.7. The minimum Gasteiger partial charge on any atom is -0.463 e. The second kappa shape index (κ2) is 8.33. The van der Waals surface area contributed by atoms with Gasteiger partial charge < -0.3 is 4.42 Å². The second-order valence-electron chi connectivity index (χ2n) is 5.47. The number of nitrogens with zero attached hydrogens (tertiary/aromatic N) is 2. The van der Waals surface area contributed by atoms with Crippen LogP contribution in [-0.4, -0.2) is 27.1 Å².